The normalized spacial score (nSPS) is 10.5. The highest BCUT2D eigenvalue weighted by Gasteiger charge is 2.14. The molecule has 1 aromatic heterocycles. The highest BCUT2D eigenvalue weighted by molar-refractivity contribution is 7.80. The molecule has 0 aliphatic rings. The quantitative estimate of drug-likeness (QED) is 0.840. The minimum absolute atomic E-state index is 0.307. The van der Waals surface area contributed by atoms with Crippen LogP contribution in [0.4, 0.5) is 5.69 Å². The van der Waals surface area contributed by atoms with Gasteiger partial charge in [-0.3, -0.25) is 0 Å². The van der Waals surface area contributed by atoms with Crippen molar-refractivity contribution in [2.45, 2.75) is 26.4 Å². The molecule has 5 heteroatoms. The van der Waals surface area contributed by atoms with E-state index in [1.807, 2.05) is 24.3 Å². The molecule has 0 radical (unpaired) electrons. The molecule has 21 heavy (non-hydrogen) atoms. The van der Waals surface area contributed by atoms with Gasteiger partial charge in [0, 0.05) is 16.6 Å². The first-order valence-corrected chi connectivity index (χ1v) is 8.13. The molecule has 2 rings (SSSR count). The fraction of sp³-hybridized carbons (Fsp3) is 0.312. The van der Waals surface area contributed by atoms with E-state index in [9.17, 15) is 0 Å². The maximum absolute atomic E-state index is 5.56. The maximum Gasteiger partial charge on any atom is 0.174 e. The molecular weight excluding hydrogens is 300 g/mol. The summed E-state index contributed by atoms with van der Waals surface area (Å²) in [6, 6.07) is 12.5. The second kappa shape index (κ2) is 7.43. The van der Waals surface area contributed by atoms with Crippen molar-refractivity contribution in [3.8, 4) is 5.75 Å². The lowest BCUT2D eigenvalue weighted by molar-refractivity contribution is 0.415. The van der Waals surface area contributed by atoms with Crippen LogP contribution in [0.15, 0.2) is 41.8 Å². The molecule has 1 N–H and O–H groups in total. The van der Waals surface area contributed by atoms with Gasteiger partial charge < -0.3 is 15.0 Å². The van der Waals surface area contributed by atoms with E-state index in [0.717, 1.165) is 23.1 Å². The molecule has 0 saturated carbocycles. The van der Waals surface area contributed by atoms with E-state index in [4.69, 9.17) is 17.0 Å². The predicted molar refractivity (Wildman–Crippen MR) is 94.4 cm³/mol. The minimum atomic E-state index is 0.307. The number of anilines is 1. The van der Waals surface area contributed by atoms with Crippen LogP contribution in [0.5, 0.6) is 5.75 Å². The SMILES string of the molecule is COc1ccc(N(Cc2cccs2)C(=S)NC(C)C)cc1. The summed E-state index contributed by atoms with van der Waals surface area (Å²) in [5, 5.41) is 6.14. The Bertz CT molecular complexity index is 564. The van der Waals surface area contributed by atoms with E-state index >= 15 is 0 Å². The molecule has 0 atom stereocenters. The Morgan fingerprint density at radius 3 is 2.52 bits per heavy atom. The van der Waals surface area contributed by atoms with Crippen molar-refractivity contribution in [2.75, 3.05) is 12.0 Å². The van der Waals surface area contributed by atoms with E-state index in [2.05, 4.69) is 41.6 Å². The molecule has 2 aromatic rings. The summed E-state index contributed by atoms with van der Waals surface area (Å²) in [5.74, 6) is 0.845. The van der Waals surface area contributed by atoms with Gasteiger partial charge in [0.2, 0.25) is 0 Å². The first kappa shape index (κ1) is 15.8. The number of benzene rings is 1. The first-order chi connectivity index (χ1) is 10.1. The third kappa shape index (κ3) is 4.44. The maximum atomic E-state index is 5.56. The summed E-state index contributed by atoms with van der Waals surface area (Å²) in [4.78, 5) is 3.39. The van der Waals surface area contributed by atoms with Gasteiger partial charge in [-0.05, 0) is 61.8 Å². The molecule has 1 heterocycles. The number of thiophene rings is 1. The van der Waals surface area contributed by atoms with Gasteiger partial charge in [0.05, 0.1) is 13.7 Å². The van der Waals surface area contributed by atoms with E-state index in [1.165, 1.54) is 4.88 Å². The zero-order valence-electron chi connectivity index (χ0n) is 12.5. The molecule has 112 valence electrons. The molecule has 3 nitrogen and oxygen atoms in total. The van der Waals surface area contributed by atoms with Gasteiger partial charge in [0.15, 0.2) is 5.11 Å². The predicted octanol–water partition coefficient (Wildman–Crippen LogP) is 4.05. The second-order valence-corrected chi connectivity index (χ2v) is 6.39. The number of rotatable bonds is 5. The van der Waals surface area contributed by atoms with Gasteiger partial charge in [-0.1, -0.05) is 6.07 Å². The lowest BCUT2D eigenvalue weighted by Crippen LogP contribution is -2.42. The van der Waals surface area contributed by atoms with E-state index in [0.29, 0.717) is 6.04 Å². The zero-order chi connectivity index (χ0) is 15.2. The number of methoxy groups -OCH3 is 1. The average molecular weight is 320 g/mol. The third-order valence-corrected chi connectivity index (χ3v) is 4.13. The number of hydrogen-bond donors (Lipinski definition) is 1. The van der Waals surface area contributed by atoms with E-state index in [-0.39, 0.29) is 0 Å². The number of nitrogens with zero attached hydrogens (tertiary/aromatic N) is 1. The Morgan fingerprint density at radius 2 is 2.00 bits per heavy atom. The largest absolute Gasteiger partial charge is 0.497 e. The van der Waals surface area contributed by atoms with Crippen LogP contribution >= 0.6 is 23.6 Å². The van der Waals surface area contributed by atoms with E-state index in [1.54, 1.807) is 18.4 Å². The molecule has 0 amide bonds. The van der Waals surface area contributed by atoms with Crippen LogP contribution in [-0.2, 0) is 6.54 Å². The summed E-state index contributed by atoms with van der Waals surface area (Å²) in [6.45, 7) is 4.94. The van der Waals surface area contributed by atoms with Crippen LogP contribution in [0.2, 0.25) is 0 Å². The summed E-state index contributed by atoms with van der Waals surface area (Å²) in [7, 11) is 1.67. The van der Waals surface area contributed by atoms with Crippen LogP contribution in [0.1, 0.15) is 18.7 Å². The third-order valence-electron chi connectivity index (χ3n) is 2.94. The van der Waals surface area contributed by atoms with Gasteiger partial charge in [-0.25, -0.2) is 0 Å². The molecule has 0 saturated heterocycles. The Balaban J connectivity index is 2.23. The molecule has 0 spiro atoms. The van der Waals surface area contributed by atoms with Crippen molar-refractivity contribution < 1.29 is 4.74 Å². The second-order valence-electron chi connectivity index (χ2n) is 4.97. The number of ether oxygens (including phenoxy) is 1. The van der Waals surface area contributed by atoms with Crippen LogP contribution < -0.4 is 15.0 Å². The summed E-state index contributed by atoms with van der Waals surface area (Å²) in [6.07, 6.45) is 0. The van der Waals surface area contributed by atoms with Crippen molar-refractivity contribution in [1.29, 1.82) is 0 Å². The first-order valence-electron chi connectivity index (χ1n) is 6.84. The number of thiocarbonyl (C=S) groups is 1. The summed E-state index contributed by atoms with van der Waals surface area (Å²) in [5.41, 5.74) is 1.06. The van der Waals surface area contributed by atoms with Crippen molar-refractivity contribution in [2.24, 2.45) is 0 Å². The average Bonchev–Trinajstić information content (AvgIpc) is 2.97. The molecular formula is C16H20N2OS2. The highest BCUT2D eigenvalue weighted by atomic mass is 32.1. The smallest absolute Gasteiger partial charge is 0.174 e. The Hall–Kier alpha value is -1.59. The molecule has 0 unspecified atom stereocenters. The summed E-state index contributed by atoms with van der Waals surface area (Å²) < 4.78 is 5.21. The minimum Gasteiger partial charge on any atom is -0.497 e. The lowest BCUT2D eigenvalue weighted by atomic mass is 10.2. The van der Waals surface area contributed by atoms with Crippen molar-refractivity contribution in [3.05, 3.63) is 46.7 Å². The van der Waals surface area contributed by atoms with Crippen molar-refractivity contribution in [1.82, 2.24) is 5.32 Å². The number of hydrogen-bond acceptors (Lipinski definition) is 3. The Kier molecular flexibility index (Phi) is 5.59. The van der Waals surface area contributed by atoms with Crippen LogP contribution in [0.3, 0.4) is 0 Å². The number of nitrogens with one attached hydrogen (secondary N) is 1. The molecule has 0 fully saturated rings. The van der Waals surface area contributed by atoms with Crippen molar-refractivity contribution >= 4 is 34.4 Å². The van der Waals surface area contributed by atoms with Gasteiger partial charge in [-0.2, -0.15) is 0 Å². The monoisotopic (exact) mass is 320 g/mol. The molecule has 0 aliphatic heterocycles. The van der Waals surface area contributed by atoms with Crippen LogP contribution in [0.25, 0.3) is 0 Å². The zero-order valence-corrected chi connectivity index (χ0v) is 14.1. The fourth-order valence-electron chi connectivity index (χ4n) is 1.93. The van der Waals surface area contributed by atoms with Gasteiger partial charge in [0.1, 0.15) is 5.75 Å². The Morgan fingerprint density at radius 1 is 1.29 bits per heavy atom. The van der Waals surface area contributed by atoms with Gasteiger partial charge >= 0.3 is 0 Å². The fourth-order valence-corrected chi connectivity index (χ4v) is 3.02. The van der Waals surface area contributed by atoms with Gasteiger partial charge in [-0.15, -0.1) is 11.3 Å². The lowest BCUT2D eigenvalue weighted by Gasteiger charge is -2.27. The molecule has 0 bridgehead atoms. The molecule has 1 aromatic carbocycles. The topological polar surface area (TPSA) is 24.5 Å². The van der Waals surface area contributed by atoms with Crippen LogP contribution in [-0.4, -0.2) is 18.3 Å². The Labute approximate surface area is 135 Å². The van der Waals surface area contributed by atoms with Gasteiger partial charge in [0.25, 0.3) is 0 Å². The van der Waals surface area contributed by atoms with Crippen LogP contribution in [0, 0.1) is 0 Å². The summed E-state index contributed by atoms with van der Waals surface area (Å²) >= 11 is 7.29. The van der Waals surface area contributed by atoms with Crippen molar-refractivity contribution in [3.63, 3.8) is 0 Å². The highest BCUT2D eigenvalue weighted by Crippen LogP contribution is 2.23. The standard InChI is InChI=1S/C16H20N2OS2/c1-12(2)17-16(20)18(11-15-5-4-10-21-15)13-6-8-14(19-3)9-7-13/h4-10,12H,11H2,1-3H3,(H,17,20). The van der Waals surface area contributed by atoms with E-state index < -0.39 is 0 Å². The molecule has 0 aliphatic carbocycles.